The number of amides is 4. The first-order valence-corrected chi connectivity index (χ1v) is 42.8. The molecule has 0 saturated carbocycles. The third kappa shape index (κ3) is 68.4. The molecule has 4 heterocycles. The third-order valence-corrected chi connectivity index (χ3v) is 16.8. The summed E-state index contributed by atoms with van der Waals surface area (Å²) in [5.41, 5.74) is 9.02. The van der Waals surface area contributed by atoms with Gasteiger partial charge in [-0.3, -0.25) is 34.1 Å². The number of hydrogen-bond acceptors (Lipinski definition) is 13. The number of likely N-dealkylation sites (N-methyl/N-ethyl adjacent to an activating group) is 2. The van der Waals surface area contributed by atoms with Gasteiger partial charge in [0.15, 0.2) is 5.82 Å². The average molecular weight is 1700 g/mol. The van der Waals surface area contributed by atoms with Crippen molar-refractivity contribution in [3.8, 4) is 0 Å². The predicted molar refractivity (Wildman–Crippen MR) is 531 cm³/mol. The molecule has 0 aliphatic heterocycles. The fourth-order valence-corrected chi connectivity index (χ4v) is 9.32. The van der Waals surface area contributed by atoms with Gasteiger partial charge in [-0.05, 0) is 187 Å². The van der Waals surface area contributed by atoms with E-state index in [9.17, 15) is 28.8 Å². The van der Waals surface area contributed by atoms with Gasteiger partial charge in [0, 0.05) is 105 Å². The molecule has 0 N–H and O–H groups in total. The van der Waals surface area contributed by atoms with Gasteiger partial charge >= 0.3 is 11.9 Å². The zero-order valence-electron chi connectivity index (χ0n) is 84.2. The quantitative estimate of drug-likeness (QED) is 0.0365. The van der Waals surface area contributed by atoms with Crippen LogP contribution in [0.25, 0.3) is 24.3 Å². The van der Waals surface area contributed by atoms with Crippen LogP contribution in [0.15, 0.2) is 194 Å². The highest BCUT2D eigenvalue weighted by atomic mass is 16.5. The molecule has 0 aromatic carbocycles. The van der Waals surface area contributed by atoms with Gasteiger partial charge < -0.3 is 29.1 Å². The van der Waals surface area contributed by atoms with Crippen LogP contribution >= 0.6 is 0 Å². The summed E-state index contributed by atoms with van der Waals surface area (Å²) in [6.45, 7) is 115. The summed E-state index contributed by atoms with van der Waals surface area (Å²) in [7, 11) is 0. The second-order valence-corrected chi connectivity index (χ2v) is 40.5. The number of ether oxygens (including phenoxy) is 2. The largest absolute Gasteiger partial charge is 0.462 e. The molecule has 0 aliphatic carbocycles. The second-order valence-electron chi connectivity index (χ2n) is 40.5. The van der Waals surface area contributed by atoms with Crippen LogP contribution in [0.2, 0.25) is 0 Å². The molecule has 4 rings (SSSR count). The van der Waals surface area contributed by atoms with Crippen molar-refractivity contribution in [2.45, 2.75) is 283 Å². The van der Waals surface area contributed by atoms with E-state index in [1.54, 1.807) is 89.5 Å². The van der Waals surface area contributed by atoms with Crippen LogP contribution in [0, 0.1) is 32.5 Å². The minimum atomic E-state index is -0.264. The molecule has 1 atom stereocenters. The maximum atomic E-state index is 11.4. The van der Waals surface area contributed by atoms with E-state index in [2.05, 4.69) is 269 Å². The van der Waals surface area contributed by atoms with Crippen molar-refractivity contribution in [1.82, 2.24) is 44.5 Å². The first-order chi connectivity index (χ1) is 56.1. The van der Waals surface area contributed by atoms with E-state index >= 15 is 0 Å². The lowest BCUT2D eigenvalue weighted by Gasteiger charge is -2.28. The number of rotatable bonds is 24. The van der Waals surface area contributed by atoms with Gasteiger partial charge in [0.2, 0.25) is 23.6 Å². The fourth-order valence-electron chi connectivity index (χ4n) is 9.32. The molecule has 0 aliphatic rings. The topological polar surface area (TPSA) is 198 Å². The summed E-state index contributed by atoms with van der Waals surface area (Å²) < 4.78 is 10.1. The Hall–Kier alpha value is -9.77. The number of allylic oxidation sites excluding steroid dienone is 2. The van der Waals surface area contributed by atoms with E-state index in [4.69, 9.17) is 9.47 Å². The molecule has 0 spiro atoms. The monoisotopic (exact) mass is 1700 g/mol. The van der Waals surface area contributed by atoms with E-state index in [1.807, 2.05) is 110 Å². The first-order valence-electron chi connectivity index (χ1n) is 42.8. The summed E-state index contributed by atoms with van der Waals surface area (Å²) in [5, 5.41) is 0. The van der Waals surface area contributed by atoms with Gasteiger partial charge in [-0.2, -0.15) is 0 Å². The molecular formula is C106H173N9O8. The number of nitrogens with zero attached hydrogens (tertiary/aromatic N) is 9. The van der Waals surface area contributed by atoms with E-state index in [1.165, 1.54) is 47.6 Å². The van der Waals surface area contributed by atoms with E-state index < -0.39 is 0 Å². The first kappa shape index (κ1) is 124. The number of aromatic nitrogens is 5. The minimum absolute atomic E-state index is 0.0112. The summed E-state index contributed by atoms with van der Waals surface area (Å²) in [5.74, 6) is 0.174. The van der Waals surface area contributed by atoms with Crippen LogP contribution in [-0.4, -0.2) is 145 Å². The molecular weight excluding hydrogens is 1530 g/mol. The lowest BCUT2D eigenvalue weighted by molar-refractivity contribution is -0.147. The van der Waals surface area contributed by atoms with E-state index in [0.717, 1.165) is 80.6 Å². The molecule has 4 aromatic heterocycles. The Labute approximate surface area is 751 Å². The molecule has 1 unspecified atom stereocenters. The zero-order chi connectivity index (χ0) is 97.4. The summed E-state index contributed by atoms with van der Waals surface area (Å²) in [6, 6.07) is 16.2. The Bertz CT molecular complexity index is 3730. The second kappa shape index (κ2) is 61.5. The molecule has 0 radical (unpaired) electrons. The van der Waals surface area contributed by atoms with Gasteiger partial charge in [-0.25, -0.2) is 19.6 Å². The standard InChI is InChI=1S/C12H21NO.C11H21NO.C11H19NO.3C11H15N.C10H14N2.C10H19NO.C10H18O2.C9H16O2/c1-6-9-13(11(14)7-2)10-8-12(3,4)5;1-6-10(13)12(7-2)9-8-11(3,4)5;1-6-8-12(10(13)7-2)9-11(3,4)5;1-5-10-8-9(6-7-12-10)11(2,3)4;1-5-10-9(11(2,3)4)7-6-8-12-10;1-5-9-7-6-8-10(12-9)11(2,3)4;1-5-9-11-7-6-8(12-9)10(2,3)4;1-6-9(12)11(7-2)8-10(3,4)5;1-6-7-9(11)12-8(2)10(3,4)5;1-5-6-8(10)11-7-9(2,3)4/h6-7H,1-2,8-10H2,3-5H3;6H,1,7-9H2,2-5H3;6-7H,1-2,8-9H2,3-5H3;3*5-8H,1H2,2-4H3;5-7H,1H2,2-4H3;6H,1,7-8H2,2-5H3;6-8H,1-5H3;5-6H,7H2,1-4H3/b;;;;;;;;7-6+;6-5+. The predicted octanol–water partition coefficient (Wildman–Crippen LogP) is 25.6. The number of carbonyl (C=O) groups excluding carboxylic acids is 6. The van der Waals surface area contributed by atoms with Crippen molar-refractivity contribution < 1.29 is 38.2 Å². The van der Waals surface area contributed by atoms with Gasteiger partial charge in [0.1, 0.15) is 6.10 Å². The third-order valence-electron chi connectivity index (χ3n) is 16.8. The van der Waals surface area contributed by atoms with Crippen molar-refractivity contribution >= 4 is 59.9 Å². The lowest BCUT2D eigenvalue weighted by atomic mass is 9.86. The minimum Gasteiger partial charge on any atom is -0.462 e. The van der Waals surface area contributed by atoms with Crippen LogP contribution in [0.5, 0.6) is 0 Å². The molecule has 4 aromatic rings. The molecule has 17 heteroatoms. The lowest BCUT2D eigenvalue weighted by Crippen LogP contribution is -2.36. The molecule has 4 amide bonds. The normalized spacial score (nSPS) is 11.5. The van der Waals surface area contributed by atoms with Crippen molar-refractivity contribution in [2.24, 2.45) is 32.5 Å². The number of pyridine rings is 3. The highest BCUT2D eigenvalue weighted by Crippen LogP contribution is 2.28. The van der Waals surface area contributed by atoms with Crippen molar-refractivity contribution in [3.05, 3.63) is 239 Å². The van der Waals surface area contributed by atoms with Crippen molar-refractivity contribution in [2.75, 3.05) is 59.0 Å². The van der Waals surface area contributed by atoms with Gasteiger partial charge in [-0.15, -0.1) is 13.2 Å². The Morgan fingerprint density at radius 3 is 1.21 bits per heavy atom. The maximum absolute atomic E-state index is 11.4. The Morgan fingerprint density at radius 1 is 0.415 bits per heavy atom. The van der Waals surface area contributed by atoms with Crippen LogP contribution in [0.3, 0.4) is 0 Å². The summed E-state index contributed by atoms with van der Waals surface area (Å²) >= 11 is 0. The summed E-state index contributed by atoms with van der Waals surface area (Å²) in [6.07, 6.45) is 29.5. The Balaban J connectivity index is -0.000000309. The molecule has 0 fully saturated rings. The highest BCUT2D eigenvalue weighted by Gasteiger charge is 2.25. The smallest absolute Gasteiger partial charge is 0.330 e. The average Bonchev–Trinajstić information content (AvgIpc) is 0.837. The number of hydrogen-bond donors (Lipinski definition) is 0. The Morgan fingerprint density at radius 2 is 0.837 bits per heavy atom. The Kier molecular flexibility index (Phi) is 62.0. The molecule has 17 nitrogen and oxygen atoms in total. The zero-order valence-corrected chi connectivity index (χ0v) is 84.2. The van der Waals surface area contributed by atoms with Crippen molar-refractivity contribution in [3.63, 3.8) is 0 Å². The SMILES string of the molecule is C/C=C/C(=O)OC(C)C(C)(C)C.C/C=C/C(=O)OCC(C)(C)C.C=CC(=O)N(CC)CC(C)(C)C.C=CC(=O)N(CC)CCC(C)(C)C.C=CCN(CC(C)(C)C)C(=O)C=C.C=CCN(CCC(C)(C)C)C(=O)C=C.C=Cc1cc(C(C)(C)C)ccn1.C=Cc1cccc(C(C)(C)C)n1.C=Cc1nccc(C(C)(C)C)n1.C=Cc1ncccc1C(C)(C)C. The van der Waals surface area contributed by atoms with Crippen LogP contribution < -0.4 is 0 Å². The molecule has 690 valence electrons. The van der Waals surface area contributed by atoms with E-state index in [-0.39, 0.29) is 95.8 Å². The number of carbonyl (C=O) groups is 6. The molecule has 123 heavy (non-hydrogen) atoms. The van der Waals surface area contributed by atoms with Crippen molar-refractivity contribution in [1.29, 1.82) is 0 Å². The van der Waals surface area contributed by atoms with Crippen LogP contribution in [0.1, 0.15) is 301 Å². The fraction of sp³-hybridized carbons (Fsp3) is 0.538. The summed E-state index contributed by atoms with van der Waals surface area (Å²) in [4.78, 5) is 95.3. The van der Waals surface area contributed by atoms with Gasteiger partial charge in [0.05, 0.1) is 23.7 Å². The van der Waals surface area contributed by atoms with Crippen LogP contribution in [0.4, 0.5) is 0 Å². The molecule has 0 bridgehead atoms. The van der Waals surface area contributed by atoms with Gasteiger partial charge in [-0.1, -0.05) is 297 Å². The number of esters is 2. The van der Waals surface area contributed by atoms with Crippen LogP contribution in [-0.2, 0) is 59.9 Å². The van der Waals surface area contributed by atoms with Gasteiger partial charge in [0.25, 0.3) is 0 Å². The highest BCUT2D eigenvalue weighted by molar-refractivity contribution is 5.88. The maximum Gasteiger partial charge on any atom is 0.330 e. The molecule has 0 saturated heterocycles. The van der Waals surface area contributed by atoms with E-state index in [0.29, 0.717) is 25.5 Å².